The molecule has 0 fully saturated rings. The first-order chi connectivity index (χ1) is 3.27. The van der Waals surface area contributed by atoms with Gasteiger partial charge in [-0.2, -0.15) is 0 Å². The normalized spacial score (nSPS) is 13.9. The van der Waals surface area contributed by atoms with E-state index in [1.807, 2.05) is 6.92 Å². The van der Waals surface area contributed by atoms with Crippen molar-refractivity contribution in [3.63, 3.8) is 0 Å². The van der Waals surface area contributed by atoms with E-state index in [0.29, 0.717) is 0 Å². The molecule has 0 spiro atoms. The monoisotopic (exact) mass is 114 g/mol. The Bertz CT molecular complexity index is 95.2. The second-order valence-corrected chi connectivity index (χ2v) is 1.89. The Labute approximate surface area is 49.2 Å². The molecule has 0 aliphatic rings. The molecule has 0 radical (unpaired) electrons. The van der Waals surface area contributed by atoms with Crippen LogP contribution in [-0.2, 0) is 0 Å². The van der Waals surface area contributed by atoms with E-state index in [0.717, 1.165) is 0 Å². The molecule has 0 saturated heterocycles. The Morgan fingerprint density at radius 3 is 2.57 bits per heavy atom. The Morgan fingerprint density at radius 1 is 1.86 bits per heavy atom. The number of halogens is 1. The van der Waals surface area contributed by atoms with Crippen molar-refractivity contribution < 1.29 is 0 Å². The molecule has 0 aliphatic carbocycles. The molecule has 0 N–H and O–H groups in total. The SMILES string of the molecule is C#CC=CC(C)Cl. The van der Waals surface area contributed by atoms with Crippen molar-refractivity contribution >= 4 is 11.6 Å². The van der Waals surface area contributed by atoms with E-state index in [2.05, 4.69) is 5.92 Å². The van der Waals surface area contributed by atoms with Gasteiger partial charge in [-0.25, -0.2) is 0 Å². The Kier molecular flexibility index (Phi) is 3.55. The molecule has 0 aromatic rings. The quantitative estimate of drug-likeness (QED) is 0.360. The number of rotatable bonds is 1. The minimum atomic E-state index is 0.0519. The summed E-state index contributed by atoms with van der Waals surface area (Å²) in [5.41, 5.74) is 0. The molecule has 0 aromatic heterocycles. The van der Waals surface area contributed by atoms with E-state index in [9.17, 15) is 0 Å². The summed E-state index contributed by atoms with van der Waals surface area (Å²) in [6.07, 6.45) is 8.23. The van der Waals surface area contributed by atoms with Gasteiger partial charge in [0.05, 0.1) is 0 Å². The average molecular weight is 115 g/mol. The van der Waals surface area contributed by atoms with Crippen molar-refractivity contribution in [2.24, 2.45) is 0 Å². The summed E-state index contributed by atoms with van der Waals surface area (Å²) in [4.78, 5) is 0. The van der Waals surface area contributed by atoms with Crippen LogP contribution in [0.5, 0.6) is 0 Å². The van der Waals surface area contributed by atoms with Gasteiger partial charge in [0.1, 0.15) is 0 Å². The molecule has 0 heterocycles. The zero-order chi connectivity index (χ0) is 5.70. The van der Waals surface area contributed by atoms with E-state index in [4.69, 9.17) is 18.0 Å². The van der Waals surface area contributed by atoms with E-state index < -0.39 is 0 Å². The first kappa shape index (κ1) is 6.59. The molecule has 7 heavy (non-hydrogen) atoms. The highest BCUT2D eigenvalue weighted by atomic mass is 35.5. The van der Waals surface area contributed by atoms with Crippen LogP contribution in [0.3, 0.4) is 0 Å². The van der Waals surface area contributed by atoms with Crippen molar-refractivity contribution in [3.8, 4) is 12.3 Å². The van der Waals surface area contributed by atoms with Crippen LogP contribution in [0.25, 0.3) is 0 Å². The highest BCUT2D eigenvalue weighted by molar-refractivity contribution is 6.21. The highest BCUT2D eigenvalue weighted by Crippen LogP contribution is 1.92. The van der Waals surface area contributed by atoms with Gasteiger partial charge < -0.3 is 0 Å². The molecule has 1 atom stereocenters. The lowest BCUT2D eigenvalue weighted by atomic mass is 10.4. The first-order valence-corrected chi connectivity index (χ1v) is 2.48. The van der Waals surface area contributed by atoms with Crippen LogP contribution in [0.15, 0.2) is 12.2 Å². The first-order valence-electron chi connectivity index (χ1n) is 2.04. The van der Waals surface area contributed by atoms with Crippen LogP contribution in [-0.4, -0.2) is 5.38 Å². The summed E-state index contributed by atoms with van der Waals surface area (Å²) in [6, 6.07) is 0. The van der Waals surface area contributed by atoms with Gasteiger partial charge in [-0.15, -0.1) is 18.0 Å². The maximum absolute atomic E-state index is 5.47. The van der Waals surface area contributed by atoms with Crippen molar-refractivity contribution in [2.75, 3.05) is 0 Å². The summed E-state index contributed by atoms with van der Waals surface area (Å²) >= 11 is 5.47. The third-order valence-electron chi connectivity index (χ3n) is 0.458. The Morgan fingerprint density at radius 2 is 2.43 bits per heavy atom. The number of hydrogen-bond acceptors (Lipinski definition) is 0. The second-order valence-electron chi connectivity index (χ2n) is 1.20. The van der Waals surface area contributed by atoms with Crippen LogP contribution < -0.4 is 0 Å². The van der Waals surface area contributed by atoms with Gasteiger partial charge in [0.25, 0.3) is 0 Å². The molecule has 0 aliphatic heterocycles. The maximum atomic E-state index is 5.47. The summed E-state index contributed by atoms with van der Waals surface area (Å²) in [5, 5.41) is 0.0519. The van der Waals surface area contributed by atoms with Crippen molar-refractivity contribution in [3.05, 3.63) is 12.2 Å². The van der Waals surface area contributed by atoms with Crippen molar-refractivity contribution in [2.45, 2.75) is 12.3 Å². The molecule has 0 saturated carbocycles. The smallest absolute Gasteiger partial charge is 0.0496 e. The van der Waals surface area contributed by atoms with E-state index in [-0.39, 0.29) is 5.38 Å². The van der Waals surface area contributed by atoms with Gasteiger partial charge in [-0.1, -0.05) is 12.0 Å². The fourth-order valence-corrected chi connectivity index (χ4v) is 0.261. The van der Waals surface area contributed by atoms with Gasteiger partial charge >= 0.3 is 0 Å². The standard InChI is InChI=1S/C6H7Cl/c1-3-4-5-6(2)7/h1,4-6H,2H3. The molecule has 1 heteroatoms. The molecule has 0 rings (SSSR count). The molecular weight excluding hydrogens is 108 g/mol. The lowest BCUT2D eigenvalue weighted by Gasteiger charge is -1.83. The zero-order valence-corrected chi connectivity index (χ0v) is 4.94. The van der Waals surface area contributed by atoms with E-state index in [1.54, 1.807) is 12.2 Å². The van der Waals surface area contributed by atoms with Crippen LogP contribution in [0.4, 0.5) is 0 Å². The summed E-state index contributed by atoms with van der Waals surface area (Å²) in [7, 11) is 0. The second kappa shape index (κ2) is 3.77. The molecule has 0 bridgehead atoms. The summed E-state index contributed by atoms with van der Waals surface area (Å²) in [5.74, 6) is 2.33. The third-order valence-corrected chi connectivity index (χ3v) is 0.603. The van der Waals surface area contributed by atoms with E-state index in [1.165, 1.54) is 0 Å². The van der Waals surface area contributed by atoms with Crippen LogP contribution in [0, 0.1) is 12.3 Å². The minimum Gasteiger partial charge on any atom is -0.119 e. The van der Waals surface area contributed by atoms with Gasteiger partial charge in [0, 0.05) is 5.38 Å². The molecule has 0 amide bonds. The molecule has 0 nitrogen and oxygen atoms in total. The van der Waals surface area contributed by atoms with Crippen LogP contribution in [0.1, 0.15) is 6.92 Å². The molecule has 38 valence electrons. The number of terminal acetylenes is 1. The number of allylic oxidation sites excluding steroid dienone is 2. The zero-order valence-electron chi connectivity index (χ0n) is 4.19. The molecular formula is C6H7Cl. The topological polar surface area (TPSA) is 0 Å². The average Bonchev–Trinajstić information content (AvgIpc) is 1.61. The van der Waals surface area contributed by atoms with Gasteiger partial charge in [0.2, 0.25) is 0 Å². The predicted octanol–water partition coefficient (Wildman–Crippen LogP) is 1.80. The number of alkyl halides is 1. The Hall–Kier alpha value is -0.410. The van der Waals surface area contributed by atoms with Gasteiger partial charge in [0.15, 0.2) is 0 Å². The molecule has 1 unspecified atom stereocenters. The maximum Gasteiger partial charge on any atom is 0.0496 e. The third kappa shape index (κ3) is 5.59. The predicted molar refractivity (Wildman–Crippen MR) is 33.3 cm³/mol. The summed E-state index contributed by atoms with van der Waals surface area (Å²) in [6.45, 7) is 1.86. The molecule has 0 aromatic carbocycles. The fraction of sp³-hybridized carbons (Fsp3) is 0.333. The lowest BCUT2D eigenvalue weighted by Crippen LogP contribution is -1.78. The fourth-order valence-electron chi connectivity index (χ4n) is 0.188. The van der Waals surface area contributed by atoms with Gasteiger partial charge in [-0.05, 0) is 13.0 Å². The summed E-state index contributed by atoms with van der Waals surface area (Å²) < 4.78 is 0. The van der Waals surface area contributed by atoms with Gasteiger partial charge in [-0.3, -0.25) is 0 Å². The minimum absolute atomic E-state index is 0.0519. The largest absolute Gasteiger partial charge is 0.119 e. The Balaban J connectivity index is 3.31. The van der Waals surface area contributed by atoms with Crippen LogP contribution in [0.2, 0.25) is 0 Å². The van der Waals surface area contributed by atoms with Crippen molar-refractivity contribution in [1.82, 2.24) is 0 Å². The highest BCUT2D eigenvalue weighted by Gasteiger charge is 1.80. The van der Waals surface area contributed by atoms with Crippen molar-refractivity contribution in [1.29, 1.82) is 0 Å². The number of hydrogen-bond donors (Lipinski definition) is 0. The lowest BCUT2D eigenvalue weighted by molar-refractivity contribution is 1.23. The van der Waals surface area contributed by atoms with E-state index >= 15 is 0 Å². The van der Waals surface area contributed by atoms with Crippen LogP contribution >= 0.6 is 11.6 Å².